The molecule has 4 nitrogen and oxygen atoms in total. The first-order valence-corrected chi connectivity index (χ1v) is 4.09. The van der Waals surface area contributed by atoms with Gasteiger partial charge in [-0.1, -0.05) is 0 Å². The van der Waals surface area contributed by atoms with E-state index in [2.05, 4.69) is 4.98 Å². The maximum absolute atomic E-state index is 12.7. The number of nitriles is 1. The van der Waals surface area contributed by atoms with Crippen LogP contribution in [0.2, 0.25) is 0 Å². The van der Waals surface area contributed by atoms with Crippen LogP contribution in [-0.4, -0.2) is 12.1 Å². The Morgan fingerprint density at radius 3 is 2.73 bits per heavy atom. The molecule has 0 aromatic carbocycles. The molecular formula is C9H9F2N3O. The summed E-state index contributed by atoms with van der Waals surface area (Å²) in [7, 11) is 1.24. The molecule has 0 fully saturated rings. The van der Waals surface area contributed by atoms with Crippen LogP contribution in [0, 0.1) is 11.3 Å². The summed E-state index contributed by atoms with van der Waals surface area (Å²) in [6, 6.07) is 1.64. The lowest BCUT2D eigenvalue weighted by atomic mass is 10.1. The monoisotopic (exact) mass is 213 g/mol. The topological polar surface area (TPSA) is 71.9 Å². The number of alkyl halides is 2. The third kappa shape index (κ3) is 2.02. The van der Waals surface area contributed by atoms with Crippen LogP contribution in [0.15, 0.2) is 6.20 Å². The molecule has 15 heavy (non-hydrogen) atoms. The Morgan fingerprint density at radius 2 is 2.33 bits per heavy atom. The lowest BCUT2D eigenvalue weighted by Crippen LogP contribution is -2.07. The minimum atomic E-state index is -2.79. The van der Waals surface area contributed by atoms with Gasteiger partial charge in [0.2, 0.25) is 0 Å². The molecular weight excluding hydrogens is 204 g/mol. The van der Waals surface area contributed by atoms with E-state index in [4.69, 9.17) is 15.7 Å². The van der Waals surface area contributed by atoms with Gasteiger partial charge in [0, 0.05) is 12.7 Å². The molecule has 6 heteroatoms. The van der Waals surface area contributed by atoms with Gasteiger partial charge >= 0.3 is 0 Å². The van der Waals surface area contributed by atoms with Crippen molar-refractivity contribution in [3.05, 3.63) is 23.0 Å². The predicted molar refractivity (Wildman–Crippen MR) is 48.4 cm³/mol. The Hall–Kier alpha value is -1.74. The Morgan fingerprint density at radius 1 is 1.67 bits per heavy atom. The fourth-order valence-electron chi connectivity index (χ4n) is 1.23. The van der Waals surface area contributed by atoms with Gasteiger partial charge in [0.1, 0.15) is 6.07 Å². The highest BCUT2D eigenvalue weighted by Gasteiger charge is 2.22. The number of aromatic nitrogens is 1. The van der Waals surface area contributed by atoms with Gasteiger partial charge in [-0.05, 0) is 0 Å². The normalized spacial score (nSPS) is 10.1. The molecule has 0 unspecified atom stereocenters. The van der Waals surface area contributed by atoms with E-state index in [1.807, 2.05) is 0 Å². The fraction of sp³-hybridized carbons (Fsp3) is 0.333. The standard InChI is InChI=1S/C9H9F2N3O/c1-15-8-6(3-13)14-4-5(2-12)7(8)9(10)11/h4,9H,3,13H2,1H3. The van der Waals surface area contributed by atoms with Gasteiger partial charge in [0.15, 0.2) is 5.75 Å². The second-order valence-electron chi connectivity index (χ2n) is 2.68. The number of rotatable bonds is 3. The number of pyridine rings is 1. The Bertz CT molecular complexity index is 401. The van der Waals surface area contributed by atoms with Gasteiger partial charge in [-0.25, -0.2) is 8.78 Å². The molecule has 1 rings (SSSR count). The summed E-state index contributed by atoms with van der Waals surface area (Å²) in [5, 5.41) is 8.64. The van der Waals surface area contributed by atoms with Crippen molar-refractivity contribution in [2.75, 3.05) is 7.11 Å². The number of ether oxygens (including phenoxy) is 1. The van der Waals surface area contributed by atoms with Crippen molar-refractivity contribution < 1.29 is 13.5 Å². The largest absolute Gasteiger partial charge is 0.494 e. The third-order valence-corrected chi connectivity index (χ3v) is 1.88. The average Bonchev–Trinajstić information content (AvgIpc) is 2.26. The minimum Gasteiger partial charge on any atom is -0.494 e. The molecule has 0 radical (unpaired) electrons. The summed E-state index contributed by atoms with van der Waals surface area (Å²) in [6.07, 6.45) is -1.71. The lowest BCUT2D eigenvalue weighted by Gasteiger charge is -2.12. The second-order valence-corrected chi connectivity index (χ2v) is 2.68. The van der Waals surface area contributed by atoms with Gasteiger partial charge in [-0.2, -0.15) is 5.26 Å². The smallest absolute Gasteiger partial charge is 0.268 e. The van der Waals surface area contributed by atoms with Gasteiger partial charge in [-0.15, -0.1) is 0 Å². The van der Waals surface area contributed by atoms with E-state index >= 15 is 0 Å². The van der Waals surface area contributed by atoms with Gasteiger partial charge < -0.3 is 10.5 Å². The van der Waals surface area contributed by atoms with Crippen LogP contribution < -0.4 is 10.5 Å². The first kappa shape index (κ1) is 11.3. The SMILES string of the molecule is COc1c(CN)ncc(C#N)c1C(F)F. The third-order valence-electron chi connectivity index (χ3n) is 1.88. The summed E-state index contributed by atoms with van der Waals surface area (Å²) in [6.45, 7) is -0.0192. The summed E-state index contributed by atoms with van der Waals surface area (Å²) >= 11 is 0. The highest BCUT2D eigenvalue weighted by atomic mass is 19.3. The molecule has 80 valence electrons. The van der Waals surface area contributed by atoms with Crippen LogP contribution >= 0.6 is 0 Å². The van der Waals surface area contributed by atoms with Crippen molar-refractivity contribution in [2.24, 2.45) is 5.73 Å². The molecule has 2 N–H and O–H groups in total. The van der Waals surface area contributed by atoms with Crippen LogP contribution in [0.3, 0.4) is 0 Å². The van der Waals surface area contributed by atoms with Gasteiger partial charge in [0.25, 0.3) is 6.43 Å². The Labute approximate surface area is 85.3 Å². The van der Waals surface area contributed by atoms with Crippen molar-refractivity contribution >= 4 is 0 Å². The zero-order valence-corrected chi connectivity index (χ0v) is 8.00. The highest BCUT2D eigenvalue weighted by molar-refractivity contribution is 5.48. The first-order chi connectivity index (χ1) is 7.15. The maximum Gasteiger partial charge on any atom is 0.268 e. The van der Waals surface area contributed by atoms with Crippen LogP contribution in [0.1, 0.15) is 23.2 Å². The van der Waals surface area contributed by atoms with Crippen molar-refractivity contribution in [1.29, 1.82) is 5.26 Å². The van der Waals surface area contributed by atoms with Crippen molar-refractivity contribution in [1.82, 2.24) is 4.98 Å². The molecule has 0 amide bonds. The molecule has 0 aliphatic rings. The van der Waals surface area contributed by atoms with Crippen LogP contribution in [0.4, 0.5) is 8.78 Å². The predicted octanol–water partition coefficient (Wildman–Crippen LogP) is 1.36. The zero-order chi connectivity index (χ0) is 11.4. The molecule has 0 atom stereocenters. The highest BCUT2D eigenvalue weighted by Crippen LogP contribution is 2.33. The number of hydrogen-bond donors (Lipinski definition) is 1. The van der Waals surface area contributed by atoms with E-state index in [1.54, 1.807) is 6.07 Å². The van der Waals surface area contributed by atoms with Crippen LogP contribution in [0.5, 0.6) is 5.75 Å². The van der Waals surface area contributed by atoms with Crippen molar-refractivity contribution in [3.8, 4) is 11.8 Å². The van der Waals surface area contributed by atoms with Crippen LogP contribution in [0.25, 0.3) is 0 Å². The second kappa shape index (κ2) is 4.66. The Kier molecular flexibility index (Phi) is 3.52. The summed E-state index contributed by atoms with van der Waals surface area (Å²) in [5.41, 5.74) is 4.89. The maximum atomic E-state index is 12.7. The van der Waals surface area contributed by atoms with Crippen molar-refractivity contribution in [2.45, 2.75) is 13.0 Å². The van der Waals surface area contributed by atoms with Gasteiger partial charge in [0.05, 0.1) is 23.9 Å². The van der Waals surface area contributed by atoms with E-state index in [0.717, 1.165) is 6.20 Å². The van der Waals surface area contributed by atoms with E-state index in [-0.39, 0.29) is 23.6 Å². The fourth-order valence-corrected chi connectivity index (χ4v) is 1.23. The number of methoxy groups -OCH3 is 1. The average molecular weight is 213 g/mol. The summed E-state index contributed by atoms with van der Waals surface area (Å²) in [4.78, 5) is 3.78. The Balaban J connectivity index is 3.46. The summed E-state index contributed by atoms with van der Waals surface area (Å²) < 4.78 is 30.2. The molecule has 0 saturated carbocycles. The number of halogens is 2. The number of nitrogens with two attached hydrogens (primary N) is 1. The molecule has 0 spiro atoms. The summed E-state index contributed by atoms with van der Waals surface area (Å²) in [5.74, 6) is -0.105. The molecule has 1 aromatic rings. The van der Waals surface area contributed by atoms with E-state index in [0.29, 0.717) is 0 Å². The minimum absolute atomic E-state index is 0.0192. The quantitative estimate of drug-likeness (QED) is 0.822. The number of nitrogens with zero attached hydrogens (tertiary/aromatic N) is 2. The first-order valence-electron chi connectivity index (χ1n) is 4.09. The lowest BCUT2D eigenvalue weighted by molar-refractivity contribution is 0.146. The van der Waals surface area contributed by atoms with Gasteiger partial charge in [-0.3, -0.25) is 4.98 Å². The molecule has 1 aromatic heterocycles. The van der Waals surface area contributed by atoms with E-state index in [1.165, 1.54) is 7.11 Å². The molecule has 0 aliphatic heterocycles. The molecule has 0 bridgehead atoms. The molecule has 0 saturated heterocycles. The van der Waals surface area contributed by atoms with Crippen molar-refractivity contribution in [3.63, 3.8) is 0 Å². The van der Waals surface area contributed by atoms with Crippen LogP contribution in [-0.2, 0) is 6.54 Å². The zero-order valence-electron chi connectivity index (χ0n) is 8.00. The molecule has 0 aliphatic carbocycles. The molecule has 1 heterocycles. The van der Waals surface area contributed by atoms with E-state index in [9.17, 15) is 8.78 Å². The number of hydrogen-bond acceptors (Lipinski definition) is 4. The van der Waals surface area contributed by atoms with E-state index < -0.39 is 12.0 Å².